The van der Waals surface area contributed by atoms with Gasteiger partial charge in [0.05, 0.1) is 11.5 Å². The van der Waals surface area contributed by atoms with Crippen molar-refractivity contribution in [2.45, 2.75) is 32.4 Å². The molecule has 1 aromatic carbocycles. The summed E-state index contributed by atoms with van der Waals surface area (Å²) in [4.78, 5) is 25.2. The quantitative estimate of drug-likeness (QED) is 0.864. The topological polar surface area (TPSA) is 78.9 Å². The van der Waals surface area contributed by atoms with Crippen molar-refractivity contribution < 1.29 is 23.8 Å². The highest BCUT2D eigenvalue weighted by Crippen LogP contribution is 2.30. The van der Waals surface area contributed by atoms with Gasteiger partial charge in [0, 0.05) is 20.2 Å². The molecule has 1 aliphatic rings. The van der Waals surface area contributed by atoms with Gasteiger partial charge in [-0.3, -0.25) is 4.79 Å². The van der Waals surface area contributed by atoms with E-state index in [-0.39, 0.29) is 24.4 Å². The van der Waals surface area contributed by atoms with Crippen LogP contribution in [0, 0.1) is 11.2 Å². The van der Waals surface area contributed by atoms with Crippen molar-refractivity contribution >= 4 is 12.0 Å². The Balaban J connectivity index is 2.00. The summed E-state index contributed by atoms with van der Waals surface area (Å²) in [6.45, 7) is 4.01. The number of nitrogens with zero attached hydrogens (tertiary/aromatic N) is 1. The van der Waals surface area contributed by atoms with Crippen molar-refractivity contribution in [2.75, 3.05) is 20.2 Å². The maximum absolute atomic E-state index is 13.0. The number of carboxylic acids is 1. The molecule has 0 aliphatic carbocycles. The standard InChI is InChI=1S/C17H23FN2O4/c1-11(14(24-3)12-4-6-13(18)7-5-12)19-16(23)20-9-8-17(2,10-20)15(21)22/h4-7,11,14H,8-10H2,1-3H3,(H,19,23)(H,21,22). The smallest absolute Gasteiger partial charge is 0.317 e. The Morgan fingerprint density at radius 2 is 2.00 bits per heavy atom. The summed E-state index contributed by atoms with van der Waals surface area (Å²) in [7, 11) is 1.52. The number of carbonyl (C=O) groups excluding carboxylic acids is 1. The minimum atomic E-state index is -0.905. The average molecular weight is 338 g/mol. The van der Waals surface area contributed by atoms with Crippen LogP contribution in [-0.2, 0) is 9.53 Å². The van der Waals surface area contributed by atoms with Crippen molar-refractivity contribution in [3.05, 3.63) is 35.6 Å². The Kier molecular flexibility index (Phi) is 5.43. The Bertz CT molecular complexity index is 607. The number of methoxy groups -OCH3 is 1. The van der Waals surface area contributed by atoms with E-state index in [2.05, 4.69) is 5.32 Å². The first-order chi connectivity index (χ1) is 11.3. The first kappa shape index (κ1) is 18.2. The number of benzene rings is 1. The fraction of sp³-hybridized carbons (Fsp3) is 0.529. The number of carboxylic acid groups (broad SMARTS) is 1. The number of nitrogens with one attached hydrogen (secondary N) is 1. The predicted molar refractivity (Wildman–Crippen MR) is 86.1 cm³/mol. The first-order valence-electron chi connectivity index (χ1n) is 7.84. The van der Waals surface area contributed by atoms with E-state index in [1.807, 2.05) is 0 Å². The second kappa shape index (κ2) is 7.17. The van der Waals surface area contributed by atoms with E-state index in [1.165, 1.54) is 24.1 Å². The molecule has 0 saturated carbocycles. The first-order valence-corrected chi connectivity index (χ1v) is 7.84. The molecular formula is C17H23FN2O4. The Morgan fingerprint density at radius 3 is 2.50 bits per heavy atom. The van der Waals surface area contributed by atoms with Crippen LogP contribution in [0.2, 0.25) is 0 Å². The van der Waals surface area contributed by atoms with Gasteiger partial charge in [-0.2, -0.15) is 0 Å². The van der Waals surface area contributed by atoms with Crippen LogP contribution >= 0.6 is 0 Å². The van der Waals surface area contributed by atoms with Crippen molar-refractivity contribution in [1.29, 1.82) is 0 Å². The molecule has 0 radical (unpaired) electrons. The highest BCUT2D eigenvalue weighted by atomic mass is 19.1. The van der Waals surface area contributed by atoms with E-state index in [0.717, 1.165) is 5.56 Å². The molecule has 2 N–H and O–H groups in total. The molecule has 3 unspecified atom stereocenters. The van der Waals surface area contributed by atoms with Gasteiger partial charge in [-0.1, -0.05) is 12.1 Å². The summed E-state index contributed by atoms with van der Waals surface area (Å²) in [5.41, 5.74) is -0.151. The molecule has 2 amide bonds. The van der Waals surface area contributed by atoms with Crippen molar-refractivity contribution in [3.8, 4) is 0 Å². The Morgan fingerprint density at radius 1 is 1.38 bits per heavy atom. The third-order valence-electron chi connectivity index (χ3n) is 4.53. The lowest BCUT2D eigenvalue weighted by molar-refractivity contribution is -0.147. The summed E-state index contributed by atoms with van der Waals surface area (Å²) in [6, 6.07) is 5.23. The number of urea groups is 1. The number of amides is 2. The van der Waals surface area contributed by atoms with Gasteiger partial charge in [-0.25, -0.2) is 9.18 Å². The molecule has 0 bridgehead atoms. The summed E-state index contributed by atoms with van der Waals surface area (Å²) in [5.74, 6) is -1.23. The number of rotatable bonds is 5. The summed E-state index contributed by atoms with van der Waals surface area (Å²) >= 11 is 0. The summed E-state index contributed by atoms with van der Waals surface area (Å²) < 4.78 is 18.5. The monoisotopic (exact) mass is 338 g/mol. The number of hydrogen-bond donors (Lipinski definition) is 2. The normalized spacial score (nSPS) is 22.9. The van der Waals surface area contributed by atoms with Gasteiger partial charge in [0.2, 0.25) is 0 Å². The minimum absolute atomic E-state index is 0.176. The molecule has 7 heteroatoms. The Hall–Kier alpha value is -2.15. The van der Waals surface area contributed by atoms with Crippen LogP contribution in [0.15, 0.2) is 24.3 Å². The molecule has 1 saturated heterocycles. The lowest BCUT2D eigenvalue weighted by atomic mass is 9.90. The fourth-order valence-corrected chi connectivity index (χ4v) is 2.95. The van der Waals surface area contributed by atoms with Crippen molar-refractivity contribution in [1.82, 2.24) is 10.2 Å². The second-order valence-corrected chi connectivity index (χ2v) is 6.48. The molecule has 0 aromatic heterocycles. The maximum Gasteiger partial charge on any atom is 0.317 e. The van der Waals surface area contributed by atoms with Gasteiger partial charge < -0.3 is 20.1 Å². The zero-order valence-electron chi connectivity index (χ0n) is 14.1. The average Bonchev–Trinajstić information content (AvgIpc) is 2.94. The number of halogens is 1. The van der Waals surface area contributed by atoms with Crippen LogP contribution in [0.4, 0.5) is 9.18 Å². The van der Waals surface area contributed by atoms with Gasteiger partial charge in [-0.05, 0) is 38.0 Å². The molecule has 1 aromatic rings. The summed E-state index contributed by atoms with van der Waals surface area (Å²) in [6.07, 6.45) is -0.00138. The third-order valence-corrected chi connectivity index (χ3v) is 4.53. The Labute approximate surface area is 140 Å². The van der Waals surface area contributed by atoms with Crippen LogP contribution in [0.5, 0.6) is 0 Å². The van der Waals surface area contributed by atoms with E-state index in [0.29, 0.717) is 13.0 Å². The molecule has 132 valence electrons. The van der Waals surface area contributed by atoms with E-state index in [9.17, 15) is 19.1 Å². The zero-order chi connectivity index (χ0) is 17.9. The number of ether oxygens (including phenoxy) is 1. The second-order valence-electron chi connectivity index (χ2n) is 6.48. The van der Waals surface area contributed by atoms with Crippen LogP contribution < -0.4 is 5.32 Å². The van der Waals surface area contributed by atoms with E-state index < -0.39 is 17.5 Å². The maximum atomic E-state index is 13.0. The van der Waals surface area contributed by atoms with Gasteiger partial charge in [0.25, 0.3) is 0 Å². The number of aliphatic carboxylic acids is 1. The van der Waals surface area contributed by atoms with Crippen molar-refractivity contribution in [3.63, 3.8) is 0 Å². The molecule has 6 nitrogen and oxygen atoms in total. The van der Waals surface area contributed by atoms with Gasteiger partial charge >= 0.3 is 12.0 Å². The van der Waals surface area contributed by atoms with E-state index in [4.69, 9.17) is 4.74 Å². The SMILES string of the molecule is COC(c1ccc(F)cc1)C(C)NC(=O)N1CCC(C)(C(=O)O)C1. The van der Waals surface area contributed by atoms with Crippen LogP contribution in [0.3, 0.4) is 0 Å². The molecule has 2 rings (SSSR count). The number of carbonyl (C=O) groups is 2. The molecule has 1 fully saturated rings. The van der Waals surface area contributed by atoms with Gasteiger partial charge in [0.1, 0.15) is 11.9 Å². The van der Waals surface area contributed by atoms with Crippen LogP contribution in [0.1, 0.15) is 31.9 Å². The lowest BCUT2D eigenvalue weighted by Crippen LogP contribution is -2.46. The molecule has 1 heterocycles. The lowest BCUT2D eigenvalue weighted by Gasteiger charge is -2.27. The highest BCUT2D eigenvalue weighted by molar-refractivity contribution is 5.79. The minimum Gasteiger partial charge on any atom is -0.481 e. The van der Waals surface area contributed by atoms with Gasteiger partial charge in [-0.15, -0.1) is 0 Å². The molecule has 0 spiro atoms. The predicted octanol–water partition coefficient (Wildman–Crippen LogP) is 2.41. The van der Waals surface area contributed by atoms with Crippen molar-refractivity contribution in [2.24, 2.45) is 5.41 Å². The van der Waals surface area contributed by atoms with Crippen LogP contribution in [-0.4, -0.2) is 48.2 Å². The highest BCUT2D eigenvalue weighted by Gasteiger charge is 2.42. The van der Waals surface area contributed by atoms with Gasteiger partial charge in [0.15, 0.2) is 0 Å². The fourth-order valence-electron chi connectivity index (χ4n) is 2.95. The molecular weight excluding hydrogens is 315 g/mol. The van der Waals surface area contributed by atoms with Crippen LogP contribution in [0.25, 0.3) is 0 Å². The number of hydrogen-bond acceptors (Lipinski definition) is 3. The van der Waals surface area contributed by atoms with E-state index >= 15 is 0 Å². The largest absolute Gasteiger partial charge is 0.481 e. The molecule has 24 heavy (non-hydrogen) atoms. The summed E-state index contributed by atoms with van der Waals surface area (Å²) in [5, 5.41) is 12.1. The number of likely N-dealkylation sites (tertiary alicyclic amines) is 1. The molecule has 1 aliphatic heterocycles. The molecule has 3 atom stereocenters. The third kappa shape index (κ3) is 3.84. The van der Waals surface area contributed by atoms with E-state index in [1.54, 1.807) is 26.0 Å². The zero-order valence-corrected chi connectivity index (χ0v) is 14.1.